The van der Waals surface area contributed by atoms with Gasteiger partial charge in [-0.3, -0.25) is 4.79 Å². The van der Waals surface area contributed by atoms with Gasteiger partial charge in [-0.1, -0.05) is 89.9 Å². The third-order valence-corrected chi connectivity index (χ3v) is 7.09. The fraction of sp³-hybridized carbons (Fsp3) is 0.462. The van der Waals surface area contributed by atoms with E-state index in [4.69, 9.17) is 4.74 Å². The van der Waals surface area contributed by atoms with Gasteiger partial charge in [0.2, 0.25) is 0 Å². The number of halogens is 2. The molecule has 3 unspecified atom stereocenters. The monoisotopic (exact) mass is 576 g/mol. The second kappa shape index (κ2) is 11.9. The van der Waals surface area contributed by atoms with Crippen LogP contribution in [0.15, 0.2) is 52.4 Å². The first kappa shape index (κ1) is 24.8. The van der Waals surface area contributed by atoms with E-state index in [1.807, 2.05) is 42.5 Å². The number of hydrogen-bond acceptors (Lipinski definition) is 5. The maximum Gasteiger partial charge on any atom is 0.340 e. The molecule has 0 N–H and O–H groups in total. The lowest BCUT2D eigenvalue weighted by Gasteiger charge is -2.28. The highest BCUT2D eigenvalue weighted by Crippen LogP contribution is 2.29. The highest BCUT2D eigenvalue weighted by molar-refractivity contribution is 14.1. The van der Waals surface area contributed by atoms with Gasteiger partial charge in [0.15, 0.2) is 0 Å². The van der Waals surface area contributed by atoms with Crippen molar-refractivity contribution >= 4 is 39.6 Å². The van der Waals surface area contributed by atoms with Crippen molar-refractivity contribution in [2.75, 3.05) is 0 Å². The molecule has 0 bridgehead atoms. The second-order valence-electron chi connectivity index (χ2n) is 8.80. The molecular formula is C26H30FIN4O2. The molecule has 0 amide bonds. The molecule has 4 rings (SSSR count). The summed E-state index contributed by atoms with van der Waals surface area (Å²) in [5.41, 5.74) is 0.938. The number of fused-ring (bicyclic) bond motifs is 1. The molecular weight excluding hydrogens is 546 g/mol. The van der Waals surface area contributed by atoms with Crippen LogP contribution >= 0.6 is 22.6 Å². The van der Waals surface area contributed by atoms with Gasteiger partial charge in [0.25, 0.3) is 5.56 Å². The van der Waals surface area contributed by atoms with Crippen LogP contribution in [0.25, 0.3) is 10.8 Å². The van der Waals surface area contributed by atoms with E-state index in [0.29, 0.717) is 25.0 Å². The van der Waals surface area contributed by atoms with Gasteiger partial charge in [-0.15, -0.1) is 9.77 Å². The van der Waals surface area contributed by atoms with Crippen molar-refractivity contribution < 1.29 is 9.13 Å². The SMILES string of the molecule is CCCCCC=Nn1c(OC2CC(F)CC(I)C2)nnc(Cc2cccc3ccccc23)c1=O. The predicted molar refractivity (Wildman–Crippen MR) is 142 cm³/mol. The van der Waals surface area contributed by atoms with Crippen molar-refractivity contribution in [2.24, 2.45) is 5.10 Å². The molecule has 0 radical (unpaired) electrons. The standard InChI is InChI=1S/C26H30FIN4O2/c1-2-3-4-7-13-29-32-25(33)24(14-19-11-8-10-18-9-5-6-12-23(18)19)30-31-26(32)34-22-16-20(27)15-21(28)17-22/h5-6,8-13,20-22H,2-4,7,14-17H2,1H3. The van der Waals surface area contributed by atoms with E-state index in [1.165, 1.54) is 4.68 Å². The zero-order chi connectivity index (χ0) is 23.9. The van der Waals surface area contributed by atoms with E-state index < -0.39 is 6.17 Å². The van der Waals surface area contributed by atoms with Crippen molar-refractivity contribution in [3.8, 4) is 6.01 Å². The van der Waals surface area contributed by atoms with Crippen molar-refractivity contribution in [3.63, 3.8) is 0 Å². The summed E-state index contributed by atoms with van der Waals surface area (Å²) in [6.07, 6.45) is 6.27. The van der Waals surface area contributed by atoms with Crippen molar-refractivity contribution in [1.29, 1.82) is 0 Å². The molecule has 1 fully saturated rings. The molecule has 6 nitrogen and oxygen atoms in total. The quantitative estimate of drug-likeness (QED) is 0.138. The van der Waals surface area contributed by atoms with Crippen LogP contribution in [0.4, 0.5) is 4.39 Å². The molecule has 34 heavy (non-hydrogen) atoms. The molecule has 0 aliphatic heterocycles. The molecule has 180 valence electrons. The van der Waals surface area contributed by atoms with Crippen LogP contribution in [-0.2, 0) is 6.42 Å². The van der Waals surface area contributed by atoms with Crippen LogP contribution in [0.5, 0.6) is 6.01 Å². The Kier molecular flexibility index (Phi) is 8.64. The molecule has 8 heteroatoms. The summed E-state index contributed by atoms with van der Waals surface area (Å²) < 4.78 is 21.5. The van der Waals surface area contributed by atoms with Crippen LogP contribution < -0.4 is 10.3 Å². The number of aromatic nitrogens is 3. The fourth-order valence-electron chi connectivity index (χ4n) is 4.32. The molecule has 1 saturated carbocycles. The maximum absolute atomic E-state index is 14.1. The summed E-state index contributed by atoms with van der Waals surface area (Å²) in [5, 5.41) is 15.0. The van der Waals surface area contributed by atoms with Crippen LogP contribution in [0.2, 0.25) is 0 Å². The summed E-state index contributed by atoms with van der Waals surface area (Å²) >= 11 is 2.25. The Morgan fingerprint density at radius 2 is 1.97 bits per heavy atom. The first-order valence-electron chi connectivity index (χ1n) is 12.0. The molecule has 3 aromatic rings. The summed E-state index contributed by atoms with van der Waals surface area (Å²) in [5.74, 6) is 0. The summed E-state index contributed by atoms with van der Waals surface area (Å²) in [4.78, 5) is 13.4. The third kappa shape index (κ3) is 6.20. The Morgan fingerprint density at radius 3 is 2.79 bits per heavy atom. The van der Waals surface area contributed by atoms with Gasteiger partial charge in [0, 0.05) is 23.0 Å². The average Bonchev–Trinajstić information content (AvgIpc) is 2.82. The van der Waals surface area contributed by atoms with Crippen LogP contribution in [0.1, 0.15) is 63.1 Å². The number of benzene rings is 2. The lowest BCUT2D eigenvalue weighted by Crippen LogP contribution is -2.34. The first-order valence-corrected chi connectivity index (χ1v) is 13.2. The van der Waals surface area contributed by atoms with Gasteiger partial charge >= 0.3 is 6.01 Å². The number of ether oxygens (including phenoxy) is 1. The summed E-state index contributed by atoms with van der Waals surface area (Å²) in [6.45, 7) is 2.14. The Morgan fingerprint density at radius 1 is 1.15 bits per heavy atom. The molecule has 1 aromatic heterocycles. The van der Waals surface area contributed by atoms with Gasteiger partial charge in [0.1, 0.15) is 18.0 Å². The minimum absolute atomic E-state index is 0.0288. The molecule has 1 aliphatic carbocycles. The van der Waals surface area contributed by atoms with Gasteiger partial charge in [-0.25, -0.2) is 4.39 Å². The van der Waals surface area contributed by atoms with E-state index in [1.54, 1.807) is 6.21 Å². The minimum atomic E-state index is -0.919. The normalized spacial score (nSPS) is 20.7. The lowest BCUT2D eigenvalue weighted by atomic mass is 9.96. The van der Waals surface area contributed by atoms with Crippen molar-refractivity contribution in [1.82, 2.24) is 14.9 Å². The fourth-order valence-corrected chi connectivity index (χ4v) is 5.44. The molecule has 1 aliphatic rings. The Balaban J connectivity index is 1.64. The zero-order valence-electron chi connectivity index (χ0n) is 19.4. The largest absolute Gasteiger partial charge is 0.459 e. The second-order valence-corrected chi connectivity index (χ2v) is 10.6. The molecule has 0 saturated heterocycles. The Labute approximate surface area is 212 Å². The number of unbranched alkanes of at least 4 members (excludes halogenated alkanes) is 3. The van der Waals surface area contributed by atoms with E-state index >= 15 is 0 Å². The average molecular weight is 576 g/mol. The van der Waals surface area contributed by atoms with Crippen LogP contribution in [-0.4, -0.2) is 37.3 Å². The minimum Gasteiger partial charge on any atom is -0.459 e. The number of hydrogen-bond donors (Lipinski definition) is 0. The smallest absolute Gasteiger partial charge is 0.340 e. The maximum atomic E-state index is 14.1. The number of rotatable bonds is 9. The van der Waals surface area contributed by atoms with Gasteiger partial charge in [-0.2, -0.15) is 5.10 Å². The molecule has 3 atom stereocenters. The molecule has 0 spiro atoms. The highest BCUT2D eigenvalue weighted by Gasteiger charge is 2.30. The Hall–Kier alpha value is -2.36. The van der Waals surface area contributed by atoms with Gasteiger partial charge in [-0.05, 0) is 42.0 Å². The van der Waals surface area contributed by atoms with E-state index in [-0.39, 0.29) is 28.0 Å². The van der Waals surface area contributed by atoms with Crippen LogP contribution in [0.3, 0.4) is 0 Å². The first-order chi connectivity index (χ1) is 16.5. The lowest BCUT2D eigenvalue weighted by molar-refractivity contribution is 0.0939. The third-order valence-electron chi connectivity index (χ3n) is 6.07. The van der Waals surface area contributed by atoms with Crippen molar-refractivity contribution in [3.05, 3.63) is 64.1 Å². The zero-order valence-corrected chi connectivity index (χ0v) is 21.5. The molecule has 1 heterocycles. The Bertz CT molecular complexity index is 1180. The number of nitrogens with zero attached hydrogens (tertiary/aromatic N) is 4. The van der Waals surface area contributed by atoms with Crippen LogP contribution in [0, 0.1) is 0 Å². The van der Waals surface area contributed by atoms with E-state index in [9.17, 15) is 9.18 Å². The predicted octanol–water partition coefficient (Wildman–Crippen LogP) is 5.87. The topological polar surface area (TPSA) is 69.4 Å². The molecule has 2 aromatic carbocycles. The summed E-state index contributed by atoms with van der Waals surface area (Å²) in [6, 6.07) is 14.1. The van der Waals surface area contributed by atoms with Gasteiger partial charge in [0.05, 0.1) is 0 Å². The summed E-state index contributed by atoms with van der Waals surface area (Å²) in [7, 11) is 0. The highest BCUT2D eigenvalue weighted by atomic mass is 127. The van der Waals surface area contributed by atoms with Gasteiger partial charge < -0.3 is 4.74 Å². The van der Waals surface area contributed by atoms with Crippen molar-refractivity contribution in [2.45, 2.75) is 74.5 Å². The number of alkyl halides is 2. The van der Waals surface area contributed by atoms with E-state index in [2.05, 4.69) is 44.8 Å². The van der Waals surface area contributed by atoms with E-state index in [0.717, 1.165) is 42.0 Å².